The van der Waals surface area contributed by atoms with E-state index in [0.717, 1.165) is 36.4 Å². The van der Waals surface area contributed by atoms with Crippen molar-refractivity contribution in [1.29, 1.82) is 0 Å². The smallest absolute Gasteiger partial charge is 0.287 e. The van der Waals surface area contributed by atoms with Gasteiger partial charge in [0, 0.05) is 0 Å². The van der Waals surface area contributed by atoms with Crippen molar-refractivity contribution in [3.63, 3.8) is 0 Å². The molecule has 6 heteroatoms. The zero-order valence-electron chi connectivity index (χ0n) is 12.8. The topological polar surface area (TPSA) is 34.1 Å². The summed E-state index contributed by atoms with van der Waals surface area (Å²) in [6, 6.07) is 9.64. The Labute approximate surface area is 141 Å². The molecule has 0 aromatic heterocycles. The van der Waals surface area contributed by atoms with Crippen LogP contribution >= 0.6 is 0 Å². The van der Waals surface area contributed by atoms with E-state index in [1.54, 1.807) is 0 Å². The first-order valence-corrected chi connectivity index (χ1v) is 7.13. The number of carbonyl (C=O) groups is 2. The Morgan fingerprint density at radius 1 is 0.680 bits per heavy atom. The van der Waals surface area contributed by atoms with Gasteiger partial charge in [-0.3, -0.25) is 9.59 Å². The first kappa shape index (κ1) is 18.3. The highest BCUT2D eigenvalue weighted by atomic mass is 19.3. The standard InChI is InChI=1S/C19H12F4O2/c20-15-7-1-13(2-8-15)5-11-17(24)19(22,23)18(25)12-6-14-3-9-16(21)10-4-14/h1-12H/b11-5+,12-6+. The number of hydrogen-bond donors (Lipinski definition) is 0. The number of rotatable bonds is 6. The van der Waals surface area contributed by atoms with Crippen molar-refractivity contribution in [1.82, 2.24) is 0 Å². The van der Waals surface area contributed by atoms with E-state index in [1.165, 1.54) is 24.3 Å². The third kappa shape index (κ3) is 4.97. The molecule has 0 bridgehead atoms. The molecule has 0 amide bonds. The molecule has 0 aliphatic carbocycles. The molecule has 0 radical (unpaired) electrons. The Morgan fingerprint density at radius 2 is 1.00 bits per heavy atom. The van der Waals surface area contributed by atoms with Crippen LogP contribution in [0.4, 0.5) is 17.6 Å². The average Bonchev–Trinajstić information content (AvgIpc) is 2.60. The SMILES string of the molecule is O=C(/C=C/c1ccc(F)cc1)C(F)(F)C(=O)/C=C/c1ccc(F)cc1. The fourth-order valence-corrected chi connectivity index (χ4v) is 1.82. The van der Waals surface area contributed by atoms with Crippen LogP contribution in [0.2, 0.25) is 0 Å². The van der Waals surface area contributed by atoms with Gasteiger partial charge in [0.25, 0.3) is 0 Å². The zero-order chi connectivity index (χ0) is 18.4. The van der Waals surface area contributed by atoms with E-state index in [4.69, 9.17) is 0 Å². The van der Waals surface area contributed by atoms with Crippen LogP contribution in [0.5, 0.6) is 0 Å². The van der Waals surface area contributed by atoms with Gasteiger partial charge in [-0.15, -0.1) is 0 Å². The third-order valence-electron chi connectivity index (χ3n) is 3.21. The van der Waals surface area contributed by atoms with Crippen molar-refractivity contribution in [3.05, 3.63) is 83.4 Å². The zero-order valence-corrected chi connectivity index (χ0v) is 12.8. The number of hydrogen-bond acceptors (Lipinski definition) is 2. The van der Waals surface area contributed by atoms with E-state index in [-0.39, 0.29) is 0 Å². The molecule has 0 heterocycles. The van der Waals surface area contributed by atoms with Gasteiger partial charge in [-0.1, -0.05) is 36.4 Å². The summed E-state index contributed by atoms with van der Waals surface area (Å²) in [5.74, 6) is -8.62. The van der Waals surface area contributed by atoms with Crippen LogP contribution in [-0.4, -0.2) is 17.5 Å². The van der Waals surface area contributed by atoms with Gasteiger partial charge in [-0.25, -0.2) is 8.78 Å². The van der Waals surface area contributed by atoms with Gasteiger partial charge in [-0.2, -0.15) is 8.78 Å². The second kappa shape index (κ2) is 7.70. The maximum atomic E-state index is 13.8. The van der Waals surface area contributed by atoms with Crippen LogP contribution in [0.15, 0.2) is 60.7 Å². The summed E-state index contributed by atoms with van der Waals surface area (Å²) in [5, 5.41) is 0. The lowest BCUT2D eigenvalue weighted by molar-refractivity contribution is -0.150. The molecule has 0 saturated heterocycles. The van der Waals surface area contributed by atoms with Gasteiger partial charge in [0.15, 0.2) is 0 Å². The van der Waals surface area contributed by atoms with Crippen LogP contribution in [-0.2, 0) is 9.59 Å². The molecule has 2 aromatic carbocycles. The van der Waals surface area contributed by atoms with E-state index < -0.39 is 29.1 Å². The highest BCUT2D eigenvalue weighted by Crippen LogP contribution is 2.19. The Balaban J connectivity index is 2.07. The summed E-state index contributed by atoms with van der Waals surface area (Å²) < 4.78 is 53.1. The van der Waals surface area contributed by atoms with Crippen LogP contribution < -0.4 is 0 Å². The molecule has 25 heavy (non-hydrogen) atoms. The highest BCUT2D eigenvalue weighted by Gasteiger charge is 2.43. The van der Waals surface area contributed by atoms with Crippen LogP contribution in [0.3, 0.4) is 0 Å². The predicted octanol–water partition coefficient (Wildman–Crippen LogP) is 4.46. The summed E-state index contributed by atoms with van der Waals surface area (Å²) in [6.07, 6.45) is 3.26. The van der Waals surface area contributed by atoms with Crippen molar-refractivity contribution < 1.29 is 27.2 Å². The van der Waals surface area contributed by atoms with Crippen LogP contribution in [0.1, 0.15) is 11.1 Å². The normalized spacial score (nSPS) is 12.0. The first-order chi connectivity index (χ1) is 11.8. The lowest BCUT2D eigenvalue weighted by Gasteiger charge is -2.08. The van der Waals surface area contributed by atoms with Gasteiger partial charge in [0.05, 0.1) is 0 Å². The Morgan fingerprint density at radius 3 is 1.32 bits per heavy atom. The number of alkyl halides is 2. The summed E-state index contributed by atoms with van der Waals surface area (Å²) in [5.41, 5.74) is 0.666. The lowest BCUT2D eigenvalue weighted by Crippen LogP contribution is -2.35. The minimum Gasteiger partial charge on any atom is -0.287 e. The molecule has 2 rings (SSSR count). The molecule has 2 nitrogen and oxygen atoms in total. The largest absolute Gasteiger partial charge is 0.370 e. The fraction of sp³-hybridized carbons (Fsp3) is 0.0526. The number of benzene rings is 2. The fourth-order valence-electron chi connectivity index (χ4n) is 1.82. The summed E-state index contributed by atoms with van der Waals surface area (Å²) in [7, 11) is 0. The third-order valence-corrected chi connectivity index (χ3v) is 3.21. The monoisotopic (exact) mass is 348 g/mol. The molecule has 0 aliphatic heterocycles. The van der Waals surface area contributed by atoms with Crippen molar-refractivity contribution in [2.45, 2.75) is 5.92 Å². The number of carbonyl (C=O) groups excluding carboxylic acids is 2. The molecule has 0 saturated carbocycles. The van der Waals surface area contributed by atoms with Gasteiger partial charge in [0.1, 0.15) is 11.6 Å². The molecule has 2 aromatic rings. The molecule has 128 valence electrons. The molecule has 0 aliphatic rings. The molecule has 0 atom stereocenters. The Kier molecular flexibility index (Phi) is 5.64. The van der Waals surface area contributed by atoms with Crippen molar-refractivity contribution in [2.24, 2.45) is 0 Å². The second-order valence-corrected chi connectivity index (χ2v) is 5.07. The van der Waals surface area contributed by atoms with Gasteiger partial charge >= 0.3 is 5.92 Å². The predicted molar refractivity (Wildman–Crippen MR) is 85.8 cm³/mol. The van der Waals surface area contributed by atoms with Crippen LogP contribution in [0.25, 0.3) is 12.2 Å². The number of ketones is 2. The second-order valence-electron chi connectivity index (χ2n) is 5.07. The molecule has 0 unspecified atom stereocenters. The maximum Gasteiger partial charge on any atom is 0.370 e. The van der Waals surface area contributed by atoms with E-state index in [2.05, 4.69) is 0 Å². The van der Waals surface area contributed by atoms with Gasteiger partial charge in [0.2, 0.25) is 11.6 Å². The molecular formula is C19H12F4O2. The average molecular weight is 348 g/mol. The molecule has 0 spiro atoms. The van der Waals surface area contributed by atoms with E-state index in [0.29, 0.717) is 23.3 Å². The molecule has 0 N–H and O–H groups in total. The van der Waals surface area contributed by atoms with Crippen LogP contribution in [0, 0.1) is 11.6 Å². The van der Waals surface area contributed by atoms with E-state index in [1.807, 2.05) is 0 Å². The maximum absolute atomic E-state index is 13.8. The minimum atomic E-state index is -4.23. The number of halogens is 4. The number of allylic oxidation sites excluding steroid dienone is 2. The Hall–Kier alpha value is -3.02. The van der Waals surface area contributed by atoms with Gasteiger partial charge < -0.3 is 0 Å². The van der Waals surface area contributed by atoms with Gasteiger partial charge in [-0.05, 0) is 47.5 Å². The van der Waals surface area contributed by atoms with Crippen molar-refractivity contribution >= 4 is 23.7 Å². The van der Waals surface area contributed by atoms with Crippen molar-refractivity contribution in [3.8, 4) is 0 Å². The summed E-state index contributed by atoms with van der Waals surface area (Å²) in [4.78, 5) is 23.2. The van der Waals surface area contributed by atoms with Crippen molar-refractivity contribution in [2.75, 3.05) is 0 Å². The summed E-state index contributed by atoms with van der Waals surface area (Å²) >= 11 is 0. The Bertz CT molecular complexity index is 750. The first-order valence-electron chi connectivity index (χ1n) is 7.13. The quantitative estimate of drug-likeness (QED) is 0.439. The summed E-state index contributed by atoms with van der Waals surface area (Å²) in [6.45, 7) is 0. The minimum absolute atomic E-state index is 0.333. The lowest BCUT2D eigenvalue weighted by atomic mass is 10.1. The van der Waals surface area contributed by atoms with E-state index >= 15 is 0 Å². The molecule has 0 fully saturated rings. The molecular weight excluding hydrogens is 336 g/mol. The van der Waals surface area contributed by atoms with E-state index in [9.17, 15) is 27.2 Å². The highest BCUT2D eigenvalue weighted by molar-refractivity contribution is 6.18.